The Balaban J connectivity index is 1.40. The smallest absolute Gasteiger partial charge is 0.224 e. The summed E-state index contributed by atoms with van der Waals surface area (Å²) < 4.78 is 1.92. The monoisotopic (exact) mass is 354 g/mol. The van der Waals surface area contributed by atoms with E-state index in [-0.39, 0.29) is 17.9 Å². The van der Waals surface area contributed by atoms with E-state index in [0.29, 0.717) is 12.0 Å². The fourth-order valence-electron chi connectivity index (χ4n) is 4.25. The van der Waals surface area contributed by atoms with Gasteiger partial charge >= 0.3 is 0 Å². The van der Waals surface area contributed by atoms with E-state index in [2.05, 4.69) is 25.5 Å². The third-order valence-electron chi connectivity index (χ3n) is 5.51. The molecule has 0 saturated carbocycles. The number of fused-ring (bicyclic) bond motifs is 3. The van der Waals surface area contributed by atoms with E-state index in [1.54, 1.807) is 6.20 Å². The third-order valence-corrected chi connectivity index (χ3v) is 5.51. The number of amides is 1. The molecule has 2 aromatic rings. The van der Waals surface area contributed by atoms with Gasteiger partial charge < -0.3 is 5.32 Å². The van der Waals surface area contributed by atoms with Gasteiger partial charge in [-0.1, -0.05) is 11.3 Å². The number of hydrogen-bond donors (Lipinski definition) is 1. The van der Waals surface area contributed by atoms with Gasteiger partial charge in [0.2, 0.25) is 5.91 Å². The number of carbonyl (C=O) groups is 1. The van der Waals surface area contributed by atoms with E-state index >= 15 is 0 Å². The predicted molar refractivity (Wildman–Crippen MR) is 98.1 cm³/mol. The topological polar surface area (TPSA) is 75.9 Å². The molecule has 3 aliphatic rings. The lowest BCUT2D eigenvalue weighted by Gasteiger charge is -2.49. The van der Waals surface area contributed by atoms with Gasteiger partial charge in [-0.05, 0) is 51.3 Å². The van der Waals surface area contributed by atoms with Crippen molar-refractivity contribution in [2.45, 2.75) is 45.3 Å². The van der Waals surface area contributed by atoms with Gasteiger partial charge in [0.15, 0.2) is 0 Å². The van der Waals surface area contributed by atoms with Gasteiger partial charge in [0.25, 0.3) is 0 Å². The van der Waals surface area contributed by atoms with Crippen LogP contribution in [0.3, 0.4) is 0 Å². The Bertz CT molecular complexity index is 758. The lowest BCUT2D eigenvalue weighted by atomic mass is 9.75. The maximum atomic E-state index is 12.5. The van der Waals surface area contributed by atoms with Crippen molar-refractivity contribution in [3.8, 4) is 11.4 Å². The molecule has 138 valence electrons. The van der Waals surface area contributed by atoms with E-state index < -0.39 is 0 Å². The average Bonchev–Trinajstić information content (AvgIpc) is 3.11. The molecule has 7 nitrogen and oxygen atoms in total. The second-order valence-corrected chi connectivity index (χ2v) is 7.74. The summed E-state index contributed by atoms with van der Waals surface area (Å²) in [6.07, 6.45) is 5.90. The highest BCUT2D eigenvalue weighted by Crippen LogP contribution is 2.37. The van der Waals surface area contributed by atoms with Crippen molar-refractivity contribution in [3.05, 3.63) is 30.6 Å². The quantitative estimate of drug-likeness (QED) is 0.882. The predicted octanol–water partition coefficient (Wildman–Crippen LogP) is 1.58. The van der Waals surface area contributed by atoms with Crippen LogP contribution in [0.25, 0.3) is 11.4 Å². The van der Waals surface area contributed by atoms with E-state index in [1.165, 1.54) is 0 Å². The molecule has 2 aromatic heterocycles. The average molecular weight is 354 g/mol. The highest BCUT2D eigenvalue weighted by Gasteiger charge is 2.43. The molecule has 1 unspecified atom stereocenters. The van der Waals surface area contributed by atoms with Crippen LogP contribution in [0.15, 0.2) is 30.6 Å². The van der Waals surface area contributed by atoms with Crippen LogP contribution in [0.5, 0.6) is 0 Å². The minimum absolute atomic E-state index is 0.127. The van der Waals surface area contributed by atoms with Crippen LogP contribution in [0.1, 0.15) is 26.7 Å². The first-order chi connectivity index (χ1) is 12.6. The summed E-state index contributed by atoms with van der Waals surface area (Å²) in [4.78, 5) is 19.2. The number of aromatic nitrogens is 4. The number of nitrogens with zero attached hydrogens (tertiary/aromatic N) is 5. The minimum atomic E-state index is 0.127. The summed E-state index contributed by atoms with van der Waals surface area (Å²) in [7, 11) is 0. The Morgan fingerprint density at radius 1 is 1.35 bits per heavy atom. The van der Waals surface area contributed by atoms with E-state index in [9.17, 15) is 4.79 Å². The molecule has 3 aliphatic heterocycles. The molecular weight excluding hydrogens is 328 g/mol. The first-order valence-corrected chi connectivity index (χ1v) is 9.46. The van der Waals surface area contributed by atoms with Gasteiger partial charge in [-0.2, -0.15) is 0 Å². The van der Waals surface area contributed by atoms with Gasteiger partial charge in [0.05, 0.1) is 24.4 Å². The largest absolute Gasteiger partial charge is 0.354 e. The van der Waals surface area contributed by atoms with Crippen LogP contribution < -0.4 is 5.32 Å². The molecule has 5 rings (SSSR count). The van der Waals surface area contributed by atoms with Crippen LogP contribution >= 0.6 is 0 Å². The molecule has 4 atom stereocenters. The summed E-state index contributed by atoms with van der Waals surface area (Å²) >= 11 is 0. The number of pyridine rings is 1. The highest BCUT2D eigenvalue weighted by molar-refractivity contribution is 5.79. The third kappa shape index (κ3) is 3.49. The summed E-state index contributed by atoms with van der Waals surface area (Å²) in [5.74, 6) is 0.816. The molecule has 0 aliphatic carbocycles. The molecule has 2 bridgehead atoms. The Morgan fingerprint density at radius 2 is 2.23 bits per heavy atom. The van der Waals surface area contributed by atoms with Gasteiger partial charge in [-0.25, -0.2) is 0 Å². The van der Waals surface area contributed by atoms with Crippen molar-refractivity contribution in [3.63, 3.8) is 0 Å². The highest BCUT2D eigenvalue weighted by atomic mass is 16.2. The fourth-order valence-corrected chi connectivity index (χ4v) is 4.25. The molecule has 5 heterocycles. The number of carbonyl (C=O) groups excluding carboxylic acids is 1. The molecule has 1 amide bonds. The second kappa shape index (κ2) is 7.15. The number of nitrogens with one attached hydrogen (secondary N) is 1. The standard InChI is InChI=1S/C19H26N6O/c1-13(2)21-19(26)16-11-24-8-6-14(16)9-15(24)10-25-12-18(22-23-25)17-5-3-4-7-20-17/h3-5,7,12-16H,6,8-11H2,1-2H3,(H,21,26)/t14-,15-,16-/m1/s1. The molecule has 3 fully saturated rings. The van der Waals surface area contributed by atoms with Crippen molar-refractivity contribution < 1.29 is 4.79 Å². The summed E-state index contributed by atoms with van der Waals surface area (Å²) in [5, 5.41) is 11.6. The molecule has 26 heavy (non-hydrogen) atoms. The van der Waals surface area contributed by atoms with E-state index in [0.717, 1.165) is 43.9 Å². The molecule has 0 radical (unpaired) electrons. The van der Waals surface area contributed by atoms with Crippen LogP contribution in [-0.4, -0.2) is 56.0 Å². The zero-order valence-corrected chi connectivity index (χ0v) is 15.4. The summed E-state index contributed by atoms with van der Waals surface area (Å²) in [6, 6.07) is 6.42. The van der Waals surface area contributed by atoms with Crippen LogP contribution in [0, 0.1) is 11.8 Å². The maximum absolute atomic E-state index is 12.5. The number of hydrogen-bond acceptors (Lipinski definition) is 5. The van der Waals surface area contributed by atoms with Gasteiger partial charge in [0, 0.05) is 24.8 Å². The Kier molecular flexibility index (Phi) is 4.72. The maximum Gasteiger partial charge on any atom is 0.224 e. The zero-order chi connectivity index (χ0) is 18.1. The second-order valence-electron chi connectivity index (χ2n) is 7.74. The molecular formula is C19H26N6O. The van der Waals surface area contributed by atoms with Crippen molar-refractivity contribution >= 4 is 5.91 Å². The summed E-state index contributed by atoms with van der Waals surface area (Å²) in [6.45, 7) is 6.78. The molecule has 0 aromatic carbocycles. The van der Waals surface area contributed by atoms with Crippen LogP contribution in [0.2, 0.25) is 0 Å². The van der Waals surface area contributed by atoms with E-state index in [1.807, 2.05) is 42.9 Å². The van der Waals surface area contributed by atoms with Crippen molar-refractivity contribution in [1.82, 2.24) is 30.2 Å². The fraction of sp³-hybridized carbons (Fsp3) is 0.579. The SMILES string of the molecule is CC(C)NC(=O)[C@@H]1CN2CC[C@@H]1C[C@@H]2Cn1cc(-c2ccccn2)nn1. The first-order valence-electron chi connectivity index (χ1n) is 9.46. The first kappa shape index (κ1) is 17.1. The zero-order valence-electron chi connectivity index (χ0n) is 15.4. The number of rotatable bonds is 5. The van der Waals surface area contributed by atoms with Crippen molar-refractivity contribution in [2.75, 3.05) is 13.1 Å². The Hall–Kier alpha value is -2.28. The van der Waals surface area contributed by atoms with Crippen molar-refractivity contribution in [1.29, 1.82) is 0 Å². The van der Waals surface area contributed by atoms with Crippen molar-refractivity contribution in [2.24, 2.45) is 11.8 Å². The summed E-state index contributed by atoms with van der Waals surface area (Å²) in [5.41, 5.74) is 1.64. The normalized spacial score (nSPS) is 27.7. The lowest BCUT2D eigenvalue weighted by molar-refractivity contribution is -0.133. The molecule has 1 N–H and O–H groups in total. The molecule has 7 heteroatoms. The number of piperidine rings is 3. The van der Waals surface area contributed by atoms with E-state index in [4.69, 9.17) is 0 Å². The molecule has 0 spiro atoms. The van der Waals surface area contributed by atoms with Gasteiger partial charge in [-0.15, -0.1) is 5.10 Å². The Labute approximate surface area is 153 Å². The van der Waals surface area contributed by atoms with Gasteiger partial charge in [0.1, 0.15) is 5.69 Å². The lowest BCUT2D eigenvalue weighted by Crippen LogP contribution is -2.58. The molecule has 3 saturated heterocycles. The Morgan fingerprint density at radius 3 is 2.92 bits per heavy atom. The van der Waals surface area contributed by atoms with Crippen LogP contribution in [0.4, 0.5) is 0 Å². The van der Waals surface area contributed by atoms with Crippen LogP contribution in [-0.2, 0) is 11.3 Å². The van der Waals surface area contributed by atoms with Gasteiger partial charge in [-0.3, -0.25) is 19.4 Å². The minimum Gasteiger partial charge on any atom is -0.354 e.